The summed E-state index contributed by atoms with van der Waals surface area (Å²) in [5.41, 5.74) is 8.89. The molecule has 5 rings (SSSR count). The number of benzene rings is 2. The normalized spacial score (nSPS) is 14.9. The largest absolute Gasteiger partial charge is 0.493 e. The number of nitrogens with zero attached hydrogens (tertiary/aromatic N) is 4. The van der Waals surface area contributed by atoms with Gasteiger partial charge in [0.15, 0.2) is 23.9 Å². The third-order valence-electron chi connectivity index (χ3n) is 6.26. The van der Waals surface area contributed by atoms with Gasteiger partial charge in [-0.2, -0.15) is 4.98 Å². The number of fused-ring (bicyclic) bond motifs is 1. The van der Waals surface area contributed by atoms with Crippen LogP contribution < -0.4 is 30.2 Å². The van der Waals surface area contributed by atoms with Crippen LogP contribution in [0, 0.1) is 0 Å². The number of rotatable bonds is 8. The molecule has 1 fully saturated rings. The smallest absolute Gasteiger partial charge is 0.258 e. The number of amides is 1. The second-order valence-corrected chi connectivity index (χ2v) is 9.22. The summed E-state index contributed by atoms with van der Waals surface area (Å²) in [7, 11) is 3.19. The summed E-state index contributed by atoms with van der Waals surface area (Å²) >= 11 is 5.89. The molecule has 1 atom stereocenters. The van der Waals surface area contributed by atoms with Gasteiger partial charge in [-0.3, -0.25) is 4.79 Å². The molecule has 1 amide bonds. The summed E-state index contributed by atoms with van der Waals surface area (Å²) in [6, 6.07) is 16.2. The Hall–Kier alpha value is -4.31. The van der Waals surface area contributed by atoms with E-state index < -0.39 is 0 Å². The number of aromatic nitrogens is 3. The number of carbonyl (C=O) groups is 1. The zero-order valence-electron chi connectivity index (χ0n) is 21.0. The molecule has 0 bridgehead atoms. The van der Waals surface area contributed by atoms with Crippen LogP contribution in [0.4, 0.5) is 11.8 Å². The Balaban J connectivity index is 1.32. The number of pyridine rings is 1. The Bertz CT molecular complexity index is 1470. The van der Waals surface area contributed by atoms with Gasteiger partial charge in [-0.05, 0) is 61.0 Å². The molecule has 0 spiro atoms. The zero-order valence-corrected chi connectivity index (χ0v) is 21.7. The van der Waals surface area contributed by atoms with Gasteiger partial charge in [-0.15, -0.1) is 0 Å². The summed E-state index contributed by atoms with van der Waals surface area (Å²) < 4.78 is 16.4. The molecule has 4 aromatic rings. The van der Waals surface area contributed by atoms with Gasteiger partial charge in [-0.1, -0.05) is 11.6 Å². The fourth-order valence-electron chi connectivity index (χ4n) is 4.41. The third kappa shape index (κ3) is 5.50. The first kappa shape index (κ1) is 25.3. The lowest BCUT2D eigenvalue weighted by molar-refractivity contribution is -0.123. The molecule has 10 nitrogen and oxygen atoms in total. The van der Waals surface area contributed by atoms with Crippen molar-refractivity contribution in [3.8, 4) is 28.5 Å². The molecule has 38 heavy (non-hydrogen) atoms. The molecule has 2 aromatic heterocycles. The fraction of sp³-hybridized carbons (Fsp3) is 0.259. The number of nitrogens with one attached hydrogen (secondary N) is 1. The van der Waals surface area contributed by atoms with E-state index in [0.717, 1.165) is 17.7 Å². The van der Waals surface area contributed by atoms with E-state index in [4.69, 9.17) is 36.5 Å². The van der Waals surface area contributed by atoms with E-state index in [1.165, 1.54) is 0 Å². The molecule has 0 radical (unpaired) electrons. The van der Waals surface area contributed by atoms with E-state index in [1.807, 2.05) is 30.3 Å². The van der Waals surface area contributed by atoms with Crippen LogP contribution in [0.2, 0.25) is 5.02 Å². The summed E-state index contributed by atoms with van der Waals surface area (Å²) in [5.74, 6) is 2.42. The number of carbonyl (C=O) groups excluding carboxylic acids is 1. The maximum atomic E-state index is 12.5. The topological polar surface area (TPSA) is 125 Å². The number of halogens is 1. The molecule has 1 aliphatic rings. The van der Waals surface area contributed by atoms with Crippen LogP contribution in [-0.4, -0.2) is 60.8 Å². The minimum Gasteiger partial charge on any atom is -0.493 e. The lowest BCUT2D eigenvalue weighted by atomic mass is 10.1. The number of nitrogen functional groups attached to an aromatic ring is 1. The third-order valence-corrected chi connectivity index (χ3v) is 6.51. The number of ether oxygens (including phenoxy) is 3. The van der Waals surface area contributed by atoms with Crippen molar-refractivity contribution < 1.29 is 19.0 Å². The van der Waals surface area contributed by atoms with E-state index in [2.05, 4.69) is 20.2 Å². The van der Waals surface area contributed by atoms with Gasteiger partial charge in [0.25, 0.3) is 5.91 Å². The molecule has 0 saturated carbocycles. The highest BCUT2D eigenvalue weighted by atomic mass is 35.5. The average molecular weight is 535 g/mol. The molecule has 2 aromatic carbocycles. The van der Waals surface area contributed by atoms with Gasteiger partial charge in [0.05, 0.1) is 25.4 Å². The van der Waals surface area contributed by atoms with Crippen LogP contribution in [-0.2, 0) is 4.79 Å². The summed E-state index contributed by atoms with van der Waals surface area (Å²) in [6.45, 7) is 1.15. The lowest BCUT2D eigenvalue weighted by Crippen LogP contribution is -2.39. The second-order valence-electron chi connectivity index (χ2n) is 8.78. The zero-order chi connectivity index (χ0) is 26.6. The van der Waals surface area contributed by atoms with Crippen molar-refractivity contribution in [1.29, 1.82) is 0 Å². The van der Waals surface area contributed by atoms with Crippen LogP contribution >= 0.6 is 11.6 Å². The van der Waals surface area contributed by atoms with Gasteiger partial charge in [0.2, 0.25) is 5.95 Å². The Morgan fingerprint density at radius 2 is 1.84 bits per heavy atom. The summed E-state index contributed by atoms with van der Waals surface area (Å²) in [6.07, 6.45) is 0.744. The van der Waals surface area contributed by atoms with Crippen LogP contribution in [0.5, 0.6) is 17.2 Å². The Morgan fingerprint density at radius 1 is 1.05 bits per heavy atom. The number of methoxy groups -OCH3 is 2. The molecule has 1 aliphatic heterocycles. The van der Waals surface area contributed by atoms with E-state index in [1.54, 1.807) is 38.5 Å². The maximum absolute atomic E-state index is 12.5. The maximum Gasteiger partial charge on any atom is 0.258 e. The minimum absolute atomic E-state index is 0.0726. The lowest BCUT2D eigenvalue weighted by Gasteiger charge is -2.20. The molecular formula is C27H27ClN6O4. The highest BCUT2D eigenvalue weighted by Gasteiger charge is 2.27. The van der Waals surface area contributed by atoms with Crippen LogP contribution in [0.1, 0.15) is 6.42 Å². The van der Waals surface area contributed by atoms with Crippen molar-refractivity contribution in [2.24, 2.45) is 0 Å². The van der Waals surface area contributed by atoms with Gasteiger partial charge in [0.1, 0.15) is 11.3 Å². The van der Waals surface area contributed by atoms with Crippen molar-refractivity contribution in [1.82, 2.24) is 20.3 Å². The van der Waals surface area contributed by atoms with E-state index in [0.29, 0.717) is 52.2 Å². The average Bonchev–Trinajstić information content (AvgIpc) is 3.39. The van der Waals surface area contributed by atoms with Crippen molar-refractivity contribution in [3.63, 3.8) is 0 Å². The molecule has 1 saturated heterocycles. The first-order valence-corrected chi connectivity index (χ1v) is 12.4. The first-order chi connectivity index (χ1) is 18.4. The Kier molecular flexibility index (Phi) is 7.32. The highest BCUT2D eigenvalue weighted by Crippen LogP contribution is 2.33. The molecule has 11 heteroatoms. The molecule has 3 heterocycles. The van der Waals surface area contributed by atoms with E-state index in [-0.39, 0.29) is 24.5 Å². The minimum atomic E-state index is -0.201. The summed E-state index contributed by atoms with van der Waals surface area (Å²) in [5, 5.41) is 3.64. The standard InChI is InChI=1S/C27H27ClN6O4/c1-36-22-10-3-16(13-23(22)37-2)20-8-9-21-25(31-20)26(33-27(29)32-21)34-12-11-18(14-34)30-24(35)15-38-19-6-4-17(28)5-7-19/h3-10,13,18H,11-12,14-15H2,1-2H3,(H,30,35)(H2,29,32,33)/t18-/m1/s1. The van der Waals surface area contributed by atoms with Crippen LogP contribution in [0.25, 0.3) is 22.3 Å². The van der Waals surface area contributed by atoms with Crippen molar-refractivity contribution in [2.75, 3.05) is 44.5 Å². The SMILES string of the molecule is COc1ccc(-c2ccc3nc(N)nc(N4CC[C@@H](NC(=O)COc5ccc(Cl)cc5)C4)c3n2)cc1OC. The molecular weight excluding hydrogens is 508 g/mol. The number of anilines is 2. The Morgan fingerprint density at radius 3 is 2.61 bits per heavy atom. The number of hydrogen-bond acceptors (Lipinski definition) is 9. The second kappa shape index (κ2) is 11.0. The van der Waals surface area contributed by atoms with Gasteiger partial charge in [-0.25, -0.2) is 9.97 Å². The van der Waals surface area contributed by atoms with Crippen LogP contribution in [0.15, 0.2) is 54.6 Å². The van der Waals surface area contributed by atoms with E-state index >= 15 is 0 Å². The summed E-state index contributed by atoms with van der Waals surface area (Å²) in [4.78, 5) is 28.3. The number of hydrogen-bond donors (Lipinski definition) is 2. The number of nitrogens with two attached hydrogens (primary N) is 1. The fourth-order valence-corrected chi connectivity index (χ4v) is 4.54. The monoisotopic (exact) mass is 534 g/mol. The molecule has 196 valence electrons. The van der Waals surface area contributed by atoms with E-state index in [9.17, 15) is 4.79 Å². The van der Waals surface area contributed by atoms with Crippen molar-refractivity contribution in [2.45, 2.75) is 12.5 Å². The predicted octanol–water partition coefficient (Wildman–Crippen LogP) is 3.72. The van der Waals surface area contributed by atoms with Crippen LogP contribution in [0.3, 0.4) is 0 Å². The molecule has 0 aliphatic carbocycles. The van der Waals surface area contributed by atoms with Gasteiger partial charge >= 0.3 is 0 Å². The predicted molar refractivity (Wildman–Crippen MR) is 146 cm³/mol. The van der Waals surface area contributed by atoms with Gasteiger partial charge in [0, 0.05) is 29.7 Å². The quantitative estimate of drug-likeness (QED) is 0.348. The van der Waals surface area contributed by atoms with Gasteiger partial charge < -0.3 is 30.2 Å². The Labute approximate surface area is 224 Å². The molecule has 0 unspecified atom stereocenters. The molecule has 3 N–H and O–H groups in total. The first-order valence-electron chi connectivity index (χ1n) is 12.0. The van der Waals surface area contributed by atoms with Crippen molar-refractivity contribution >= 4 is 40.3 Å². The van der Waals surface area contributed by atoms with Crippen molar-refractivity contribution in [3.05, 3.63) is 59.6 Å². The highest BCUT2D eigenvalue weighted by molar-refractivity contribution is 6.30.